The van der Waals surface area contributed by atoms with E-state index in [2.05, 4.69) is 59.1 Å². The summed E-state index contributed by atoms with van der Waals surface area (Å²) in [7, 11) is 5.88. The first-order valence-electron chi connectivity index (χ1n) is 6.90. The van der Waals surface area contributed by atoms with Gasteiger partial charge in [0.15, 0.2) is 5.96 Å². The number of guanidine groups is 1. The van der Waals surface area contributed by atoms with Crippen molar-refractivity contribution in [2.45, 2.75) is 13.0 Å². The summed E-state index contributed by atoms with van der Waals surface area (Å²) in [5, 5.41) is 8.62. The summed E-state index contributed by atoms with van der Waals surface area (Å²) < 4.78 is 5.04. The van der Waals surface area contributed by atoms with Gasteiger partial charge in [0.25, 0.3) is 0 Å². The van der Waals surface area contributed by atoms with E-state index in [1.807, 2.05) is 0 Å². The van der Waals surface area contributed by atoms with Crippen molar-refractivity contribution in [2.24, 2.45) is 4.99 Å². The van der Waals surface area contributed by atoms with Gasteiger partial charge in [-0.3, -0.25) is 4.99 Å². The Hall–Kier alpha value is -0.380. The van der Waals surface area contributed by atoms with E-state index in [0.29, 0.717) is 12.6 Å². The highest BCUT2D eigenvalue weighted by atomic mass is 127. The number of likely N-dealkylation sites (N-methyl/N-ethyl adjacent to an activating group) is 1. The second-order valence-electron chi connectivity index (χ2n) is 4.63. The van der Waals surface area contributed by atoms with Gasteiger partial charge in [-0.05, 0) is 32.5 Å². The van der Waals surface area contributed by atoms with Crippen LogP contribution in [0, 0.1) is 0 Å². The highest BCUT2D eigenvalue weighted by molar-refractivity contribution is 14.0. The Kier molecular flexibility index (Phi) is 12.0. The fourth-order valence-corrected chi connectivity index (χ4v) is 2.69. The average Bonchev–Trinajstić information content (AvgIpc) is 2.92. The Morgan fingerprint density at radius 2 is 2.19 bits per heavy atom. The lowest BCUT2D eigenvalue weighted by Gasteiger charge is -2.22. The first-order valence-corrected chi connectivity index (χ1v) is 7.78. The molecule has 1 rings (SSSR count). The number of halogens is 1. The number of hydrogen-bond acceptors (Lipinski definition) is 4. The van der Waals surface area contributed by atoms with Crippen molar-refractivity contribution in [3.05, 3.63) is 22.4 Å². The van der Waals surface area contributed by atoms with Gasteiger partial charge in [-0.15, -0.1) is 35.3 Å². The zero-order valence-corrected chi connectivity index (χ0v) is 16.4. The highest BCUT2D eigenvalue weighted by Crippen LogP contribution is 2.23. The molecule has 0 fully saturated rings. The van der Waals surface area contributed by atoms with Crippen LogP contribution in [0.15, 0.2) is 22.5 Å². The Labute approximate surface area is 149 Å². The zero-order valence-electron chi connectivity index (χ0n) is 13.3. The number of methoxy groups -OCH3 is 1. The molecule has 1 aromatic heterocycles. The topological polar surface area (TPSA) is 48.9 Å². The van der Waals surface area contributed by atoms with Crippen molar-refractivity contribution >= 4 is 41.3 Å². The lowest BCUT2D eigenvalue weighted by Crippen LogP contribution is -2.39. The monoisotopic (exact) mass is 426 g/mol. The summed E-state index contributed by atoms with van der Waals surface area (Å²) in [6, 6.07) is 4.56. The van der Waals surface area contributed by atoms with E-state index in [-0.39, 0.29) is 24.0 Å². The van der Waals surface area contributed by atoms with Crippen molar-refractivity contribution in [1.29, 1.82) is 0 Å². The van der Waals surface area contributed by atoms with Crippen molar-refractivity contribution in [3.8, 4) is 0 Å². The average molecular weight is 426 g/mol. The largest absolute Gasteiger partial charge is 0.383 e. The fourth-order valence-electron chi connectivity index (χ4n) is 1.78. The quantitative estimate of drug-likeness (QED) is 0.290. The van der Waals surface area contributed by atoms with Crippen molar-refractivity contribution in [2.75, 3.05) is 47.4 Å². The van der Waals surface area contributed by atoms with Gasteiger partial charge in [-0.25, -0.2) is 0 Å². The van der Waals surface area contributed by atoms with Gasteiger partial charge in [0.2, 0.25) is 0 Å². The maximum atomic E-state index is 5.04. The molecule has 1 atom stereocenters. The van der Waals surface area contributed by atoms with E-state index < -0.39 is 0 Å². The first kappa shape index (κ1) is 20.6. The molecule has 2 N–H and O–H groups in total. The van der Waals surface area contributed by atoms with Crippen LogP contribution in [-0.4, -0.2) is 58.3 Å². The molecule has 0 saturated carbocycles. The molecule has 0 radical (unpaired) electrons. The van der Waals surface area contributed by atoms with Crippen molar-refractivity contribution < 1.29 is 4.74 Å². The molecular formula is C14H27IN4OS. The smallest absolute Gasteiger partial charge is 0.191 e. The molecule has 0 spiro atoms. The third kappa shape index (κ3) is 7.98. The van der Waals surface area contributed by atoms with Crippen molar-refractivity contribution in [3.63, 3.8) is 0 Å². The summed E-state index contributed by atoms with van der Waals surface area (Å²) in [6.45, 7) is 5.08. The third-order valence-electron chi connectivity index (χ3n) is 2.86. The Bertz CT molecular complexity index is 384. The molecule has 21 heavy (non-hydrogen) atoms. The van der Waals surface area contributed by atoms with E-state index >= 15 is 0 Å². The molecule has 1 unspecified atom stereocenters. The second kappa shape index (κ2) is 12.2. The number of nitrogens with zero attached hydrogens (tertiary/aromatic N) is 2. The van der Waals surface area contributed by atoms with Crippen LogP contribution in [0.1, 0.15) is 17.8 Å². The van der Waals surface area contributed by atoms with Crippen LogP contribution in [0.25, 0.3) is 0 Å². The lowest BCUT2D eigenvalue weighted by atomic mass is 10.2. The number of ether oxygens (including phenoxy) is 1. The maximum absolute atomic E-state index is 5.04. The van der Waals surface area contributed by atoms with Gasteiger partial charge >= 0.3 is 0 Å². The van der Waals surface area contributed by atoms with Crippen molar-refractivity contribution in [1.82, 2.24) is 15.5 Å². The molecule has 1 heterocycles. The van der Waals surface area contributed by atoms with E-state index in [0.717, 1.165) is 25.6 Å². The first-order chi connectivity index (χ1) is 9.69. The van der Waals surface area contributed by atoms with Gasteiger partial charge in [-0.1, -0.05) is 6.07 Å². The molecule has 7 heteroatoms. The zero-order chi connectivity index (χ0) is 14.8. The molecule has 0 aliphatic carbocycles. The molecule has 0 saturated heterocycles. The van der Waals surface area contributed by atoms with Crippen LogP contribution in [-0.2, 0) is 4.74 Å². The predicted molar refractivity (Wildman–Crippen MR) is 102 cm³/mol. The lowest BCUT2D eigenvalue weighted by molar-refractivity contribution is 0.203. The normalized spacial score (nSPS) is 12.9. The molecule has 0 bridgehead atoms. The minimum atomic E-state index is 0. The number of thiophene rings is 1. The van der Waals surface area contributed by atoms with Crippen LogP contribution in [0.4, 0.5) is 0 Å². The minimum Gasteiger partial charge on any atom is -0.383 e. The molecule has 5 nitrogen and oxygen atoms in total. The summed E-state index contributed by atoms with van der Waals surface area (Å²) in [5.74, 6) is 0.841. The van der Waals surface area contributed by atoms with Crippen LogP contribution >= 0.6 is 35.3 Å². The summed E-state index contributed by atoms with van der Waals surface area (Å²) >= 11 is 1.77. The molecule has 0 aliphatic rings. The van der Waals surface area contributed by atoms with Crippen LogP contribution in [0.3, 0.4) is 0 Å². The minimum absolute atomic E-state index is 0. The Morgan fingerprint density at radius 3 is 2.71 bits per heavy atom. The fraction of sp³-hybridized carbons (Fsp3) is 0.643. The number of hydrogen-bond donors (Lipinski definition) is 2. The molecule has 0 aliphatic heterocycles. The molecule has 0 aromatic carbocycles. The maximum Gasteiger partial charge on any atom is 0.191 e. The third-order valence-corrected chi connectivity index (χ3v) is 3.83. The Balaban J connectivity index is 0.00000400. The summed E-state index contributed by atoms with van der Waals surface area (Å²) in [6.07, 6.45) is 0. The van der Waals surface area contributed by atoms with Gasteiger partial charge in [0.05, 0.1) is 19.2 Å². The number of nitrogens with one attached hydrogen (secondary N) is 2. The molecular weight excluding hydrogens is 399 g/mol. The molecule has 122 valence electrons. The number of rotatable bonds is 8. The highest BCUT2D eigenvalue weighted by Gasteiger charge is 2.14. The molecule has 1 aromatic rings. The van der Waals surface area contributed by atoms with Crippen LogP contribution in [0.5, 0.6) is 0 Å². The van der Waals surface area contributed by atoms with Gasteiger partial charge in [0.1, 0.15) is 0 Å². The van der Waals surface area contributed by atoms with E-state index in [9.17, 15) is 0 Å². The number of aliphatic imine (C=N–C) groups is 1. The molecule has 0 amide bonds. The van der Waals surface area contributed by atoms with Crippen LogP contribution < -0.4 is 10.6 Å². The SMILES string of the molecule is CCNC(=NCC(c1cccs1)N(C)C)NCCOC.I. The Morgan fingerprint density at radius 1 is 1.43 bits per heavy atom. The second-order valence-corrected chi connectivity index (χ2v) is 5.61. The summed E-state index contributed by atoms with van der Waals surface area (Å²) in [4.78, 5) is 8.21. The van der Waals surface area contributed by atoms with E-state index in [1.165, 1.54) is 4.88 Å². The van der Waals surface area contributed by atoms with Gasteiger partial charge in [-0.2, -0.15) is 0 Å². The van der Waals surface area contributed by atoms with E-state index in [4.69, 9.17) is 4.74 Å². The van der Waals surface area contributed by atoms with Crippen LogP contribution in [0.2, 0.25) is 0 Å². The standard InChI is InChI=1S/C14H26N4OS.HI/c1-5-15-14(16-8-9-19-4)17-11-12(18(2)3)13-7-6-10-20-13;/h6-7,10,12H,5,8-9,11H2,1-4H3,(H2,15,16,17);1H. The summed E-state index contributed by atoms with van der Waals surface area (Å²) in [5.41, 5.74) is 0. The van der Waals surface area contributed by atoms with E-state index in [1.54, 1.807) is 18.4 Å². The predicted octanol–water partition coefficient (Wildman–Crippen LogP) is 2.17. The van der Waals surface area contributed by atoms with Gasteiger partial charge < -0.3 is 20.3 Å². The van der Waals surface area contributed by atoms with Gasteiger partial charge in [0, 0.05) is 25.1 Å².